The van der Waals surface area contributed by atoms with Crippen molar-refractivity contribution in [3.63, 3.8) is 0 Å². The fourth-order valence-corrected chi connectivity index (χ4v) is 3.27. The van der Waals surface area contributed by atoms with Gasteiger partial charge in [0.15, 0.2) is 0 Å². The van der Waals surface area contributed by atoms with Gasteiger partial charge in [-0.3, -0.25) is 28.8 Å². The molecule has 0 aromatic carbocycles. The van der Waals surface area contributed by atoms with Crippen LogP contribution in [0.15, 0.2) is 0 Å². The Morgan fingerprint density at radius 2 is 0.522 bits per heavy atom. The fourth-order valence-electron chi connectivity index (χ4n) is 3.27. The average molecular weight is 708 g/mol. The summed E-state index contributed by atoms with van der Waals surface area (Å²) in [6.07, 6.45) is -0.145. The maximum atomic E-state index is 11.6. The third-order valence-corrected chi connectivity index (χ3v) is 5.65. The summed E-state index contributed by atoms with van der Waals surface area (Å²) in [4.78, 5) is 71.8. The number of hydrogen-bond acceptors (Lipinski definition) is 12. The van der Waals surface area contributed by atoms with E-state index in [2.05, 4.69) is 0 Å². The van der Waals surface area contributed by atoms with E-state index in [1.807, 2.05) is 0 Å². The quantitative estimate of drug-likeness (QED) is 0.0994. The molecule has 0 aliphatic heterocycles. The molecule has 0 atom stereocenters. The molecule has 0 saturated carbocycles. The van der Waals surface area contributed by atoms with Gasteiger partial charge < -0.3 is 43.1 Å². The van der Waals surface area contributed by atoms with Gasteiger partial charge in [0.2, 0.25) is 17.7 Å². The van der Waals surface area contributed by atoms with Crippen molar-refractivity contribution < 1.29 is 74.3 Å². The predicted octanol–water partition coefficient (Wildman–Crippen LogP) is 0.258. The molecule has 272 valence electrons. The normalized spacial score (nSPS) is 9.85. The van der Waals surface area contributed by atoms with Crippen molar-refractivity contribution in [1.29, 1.82) is 0 Å². The molecule has 0 radical (unpaired) electrons. The molecule has 0 unspecified atom stereocenters. The molecule has 0 heterocycles. The summed E-state index contributed by atoms with van der Waals surface area (Å²) in [5.74, 6) is -0.885. The van der Waals surface area contributed by atoms with Gasteiger partial charge in [0.1, 0.15) is 17.3 Å². The summed E-state index contributed by atoms with van der Waals surface area (Å²) in [5, 5.41) is 0. The smallest absolute Gasteiger partial charge is 0.230 e. The van der Waals surface area contributed by atoms with Gasteiger partial charge in [0.05, 0.1) is 58.9 Å². The first-order chi connectivity index (χ1) is 21.3. The Kier molecular flexibility index (Phi) is 39.1. The van der Waals surface area contributed by atoms with E-state index in [0.29, 0.717) is 78.9 Å². The van der Waals surface area contributed by atoms with Crippen LogP contribution in [0.4, 0.5) is 0 Å². The largest absolute Gasteiger partial charge is 0.383 e. The molecule has 15 nitrogen and oxygen atoms in total. The van der Waals surface area contributed by atoms with Crippen LogP contribution in [-0.4, -0.2) is 171 Å². The molecular weight excluding hydrogens is 650 g/mol. The van der Waals surface area contributed by atoms with E-state index in [1.165, 1.54) is 20.8 Å². The fraction of sp³-hybridized carbons (Fsp3) is 0.800. The van der Waals surface area contributed by atoms with Crippen LogP contribution in [0.2, 0.25) is 0 Å². The van der Waals surface area contributed by atoms with E-state index < -0.39 is 0 Å². The standard InChI is InChI=1S/3C10H19NO4.Fe/c3*1-9(12)8-10(13)11(4-6-14-2)5-7-15-3;/h3*4-8H2,1-3H3;. The summed E-state index contributed by atoms with van der Waals surface area (Å²) in [5.41, 5.74) is 0. The second kappa shape index (κ2) is 35.6. The summed E-state index contributed by atoms with van der Waals surface area (Å²) < 4.78 is 29.3. The van der Waals surface area contributed by atoms with Crippen molar-refractivity contribution in [2.45, 2.75) is 40.0 Å². The zero-order chi connectivity index (χ0) is 35.0. The monoisotopic (exact) mass is 707 g/mol. The van der Waals surface area contributed by atoms with E-state index >= 15 is 0 Å². The summed E-state index contributed by atoms with van der Waals surface area (Å²) in [6, 6.07) is 0. The van der Waals surface area contributed by atoms with E-state index in [0.717, 1.165) is 0 Å². The van der Waals surface area contributed by atoms with Crippen LogP contribution in [0.5, 0.6) is 0 Å². The van der Waals surface area contributed by atoms with Gasteiger partial charge in [0.25, 0.3) is 0 Å². The zero-order valence-electron chi connectivity index (χ0n) is 29.2. The van der Waals surface area contributed by atoms with Crippen molar-refractivity contribution >= 4 is 35.1 Å². The summed E-state index contributed by atoms with van der Waals surface area (Å²) in [6.45, 7) is 9.96. The Labute approximate surface area is 285 Å². The van der Waals surface area contributed by atoms with Gasteiger partial charge in [-0.05, 0) is 20.8 Å². The molecule has 0 N–H and O–H groups in total. The molecule has 0 aromatic rings. The second-order valence-electron chi connectivity index (χ2n) is 9.74. The zero-order valence-corrected chi connectivity index (χ0v) is 30.3. The number of nitrogens with zero attached hydrogens (tertiary/aromatic N) is 3. The van der Waals surface area contributed by atoms with E-state index in [4.69, 9.17) is 28.4 Å². The number of methoxy groups -OCH3 is 6. The predicted molar refractivity (Wildman–Crippen MR) is 167 cm³/mol. The minimum Gasteiger partial charge on any atom is -0.383 e. The van der Waals surface area contributed by atoms with Crippen LogP contribution >= 0.6 is 0 Å². The van der Waals surface area contributed by atoms with Crippen LogP contribution < -0.4 is 0 Å². The van der Waals surface area contributed by atoms with E-state index in [-0.39, 0.29) is 71.4 Å². The van der Waals surface area contributed by atoms with E-state index in [9.17, 15) is 28.8 Å². The van der Waals surface area contributed by atoms with Crippen LogP contribution in [0, 0.1) is 0 Å². The van der Waals surface area contributed by atoms with Crippen molar-refractivity contribution in [3.8, 4) is 0 Å². The molecule has 3 amide bonds. The third kappa shape index (κ3) is 33.1. The molecule has 0 bridgehead atoms. The Morgan fingerprint density at radius 1 is 0.370 bits per heavy atom. The van der Waals surface area contributed by atoms with Crippen LogP contribution in [0.1, 0.15) is 40.0 Å². The van der Waals surface area contributed by atoms with Crippen molar-refractivity contribution in [1.82, 2.24) is 14.7 Å². The minimum absolute atomic E-state index is 0. The van der Waals surface area contributed by atoms with Crippen molar-refractivity contribution in [2.24, 2.45) is 0 Å². The SMILES string of the molecule is COCCN(CCOC)C(=O)CC(C)=O.COCCN(CCOC)C(=O)CC(C)=O.COCCN(CCOC)C(=O)CC(C)=O.[Fe]. The van der Waals surface area contributed by atoms with Gasteiger partial charge in [-0.25, -0.2) is 0 Å². The number of Topliss-reactive ketones (excluding diaryl/α,β-unsaturated/α-hetero) is 3. The first-order valence-electron chi connectivity index (χ1n) is 14.6. The molecule has 0 spiro atoms. The van der Waals surface area contributed by atoms with Crippen molar-refractivity contribution in [3.05, 3.63) is 0 Å². The first kappa shape index (κ1) is 50.6. The number of carbonyl (C=O) groups excluding carboxylic acids is 6. The Hall–Kier alpha value is -2.30. The van der Waals surface area contributed by atoms with Gasteiger partial charge in [0, 0.05) is 99.0 Å². The van der Waals surface area contributed by atoms with Crippen LogP contribution in [0.3, 0.4) is 0 Å². The minimum atomic E-state index is -0.170. The molecular formula is C30H57FeN3O12. The molecule has 0 saturated heterocycles. The summed E-state index contributed by atoms with van der Waals surface area (Å²) >= 11 is 0. The third-order valence-electron chi connectivity index (χ3n) is 5.65. The van der Waals surface area contributed by atoms with Gasteiger partial charge in [-0.2, -0.15) is 0 Å². The Bertz CT molecular complexity index is 704. The number of amides is 3. The Balaban J connectivity index is -0.000000285. The molecule has 16 heteroatoms. The molecule has 0 rings (SSSR count). The van der Waals surface area contributed by atoms with Gasteiger partial charge in [-0.15, -0.1) is 0 Å². The number of carbonyl (C=O) groups is 6. The molecule has 46 heavy (non-hydrogen) atoms. The molecule has 0 aromatic heterocycles. The number of rotatable bonds is 24. The Morgan fingerprint density at radius 3 is 0.630 bits per heavy atom. The number of hydrogen-bond donors (Lipinski definition) is 0. The first-order valence-corrected chi connectivity index (χ1v) is 14.6. The second-order valence-corrected chi connectivity index (χ2v) is 9.74. The van der Waals surface area contributed by atoms with Gasteiger partial charge in [-0.1, -0.05) is 0 Å². The summed E-state index contributed by atoms with van der Waals surface area (Å²) in [7, 11) is 9.44. The van der Waals surface area contributed by atoms with Gasteiger partial charge >= 0.3 is 0 Å². The topological polar surface area (TPSA) is 168 Å². The molecule has 0 aliphatic carbocycles. The van der Waals surface area contributed by atoms with Crippen molar-refractivity contribution in [2.75, 3.05) is 122 Å². The molecule has 0 aliphatic rings. The van der Waals surface area contributed by atoms with Crippen LogP contribution in [0.25, 0.3) is 0 Å². The maximum Gasteiger partial charge on any atom is 0.230 e. The maximum absolute atomic E-state index is 11.6. The van der Waals surface area contributed by atoms with Crippen LogP contribution in [-0.2, 0) is 74.3 Å². The average Bonchev–Trinajstić information content (AvgIpc) is 2.96. The van der Waals surface area contributed by atoms with E-state index in [1.54, 1.807) is 57.4 Å². The molecule has 0 fully saturated rings. The number of ketones is 3. The number of ether oxygens (including phenoxy) is 6.